The SMILES string of the molecule is Cc1nc(-c2sccc2Br)sc1C=O. The van der Waals surface area contributed by atoms with Crippen molar-refractivity contribution in [3.63, 3.8) is 0 Å². The van der Waals surface area contributed by atoms with Gasteiger partial charge in [-0.2, -0.15) is 0 Å². The molecule has 0 aliphatic heterocycles. The van der Waals surface area contributed by atoms with Crippen molar-refractivity contribution in [1.82, 2.24) is 4.98 Å². The Morgan fingerprint density at radius 2 is 2.36 bits per heavy atom. The van der Waals surface area contributed by atoms with Gasteiger partial charge in [-0.25, -0.2) is 4.98 Å². The topological polar surface area (TPSA) is 30.0 Å². The molecule has 2 nitrogen and oxygen atoms in total. The Labute approximate surface area is 97.7 Å². The largest absolute Gasteiger partial charge is 0.297 e. The van der Waals surface area contributed by atoms with Gasteiger partial charge in [0.1, 0.15) is 5.01 Å². The lowest BCUT2D eigenvalue weighted by molar-refractivity contribution is 0.112. The summed E-state index contributed by atoms with van der Waals surface area (Å²) in [5.74, 6) is 0. The number of nitrogens with zero attached hydrogens (tertiary/aromatic N) is 1. The van der Waals surface area contributed by atoms with E-state index in [0.717, 1.165) is 26.3 Å². The summed E-state index contributed by atoms with van der Waals surface area (Å²) < 4.78 is 1.04. The number of hydrogen-bond acceptors (Lipinski definition) is 4. The molecular formula is C9H6BrNOS2. The number of aromatic nitrogens is 1. The molecule has 0 aliphatic carbocycles. The predicted octanol–water partition coefficient (Wildman–Crippen LogP) is 3.76. The highest BCUT2D eigenvalue weighted by molar-refractivity contribution is 9.10. The lowest BCUT2D eigenvalue weighted by atomic mass is 10.4. The van der Waals surface area contributed by atoms with Gasteiger partial charge in [-0.15, -0.1) is 22.7 Å². The van der Waals surface area contributed by atoms with Crippen LogP contribution in [0.15, 0.2) is 15.9 Å². The van der Waals surface area contributed by atoms with Crippen molar-refractivity contribution < 1.29 is 4.79 Å². The van der Waals surface area contributed by atoms with E-state index in [2.05, 4.69) is 20.9 Å². The Morgan fingerprint density at radius 1 is 1.57 bits per heavy atom. The molecule has 2 rings (SSSR count). The van der Waals surface area contributed by atoms with Crippen molar-refractivity contribution >= 4 is 44.9 Å². The van der Waals surface area contributed by atoms with Crippen molar-refractivity contribution in [2.75, 3.05) is 0 Å². The highest BCUT2D eigenvalue weighted by atomic mass is 79.9. The molecule has 0 atom stereocenters. The number of thiazole rings is 1. The van der Waals surface area contributed by atoms with Crippen LogP contribution in [0.2, 0.25) is 0 Å². The zero-order chi connectivity index (χ0) is 10.1. The molecule has 0 radical (unpaired) electrons. The van der Waals surface area contributed by atoms with Crippen LogP contribution in [-0.2, 0) is 0 Å². The average Bonchev–Trinajstić information content (AvgIpc) is 2.71. The number of halogens is 1. The fraction of sp³-hybridized carbons (Fsp3) is 0.111. The Kier molecular flexibility index (Phi) is 2.80. The molecule has 0 aliphatic rings. The zero-order valence-electron chi connectivity index (χ0n) is 7.28. The second kappa shape index (κ2) is 3.92. The molecule has 5 heteroatoms. The molecule has 2 aromatic rings. The molecule has 0 amide bonds. The molecule has 0 spiro atoms. The Balaban J connectivity index is 2.53. The lowest BCUT2D eigenvalue weighted by Gasteiger charge is -1.89. The summed E-state index contributed by atoms with van der Waals surface area (Å²) in [5, 5.41) is 2.91. The van der Waals surface area contributed by atoms with Crippen molar-refractivity contribution in [3.8, 4) is 9.88 Å². The molecule has 72 valence electrons. The summed E-state index contributed by atoms with van der Waals surface area (Å²) in [6.45, 7) is 1.85. The van der Waals surface area contributed by atoms with Crippen LogP contribution in [0.4, 0.5) is 0 Å². The molecule has 14 heavy (non-hydrogen) atoms. The molecule has 0 unspecified atom stereocenters. The summed E-state index contributed by atoms with van der Waals surface area (Å²) >= 11 is 6.50. The molecule has 0 fully saturated rings. The summed E-state index contributed by atoms with van der Waals surface area (Å²) in [7, 11) is 0. The fourth-order valence-electron chi connectivity index (χ4n) is 1.06. The van der Waals surface area contributed by atoms with E-state index in [-0.39, 0.29) is 0 Å². The van der Waals surface area contributed by atoms with Crippen molar-refractivity contribution in [2.24, 2.45) is 0 Å². The Hall–Kier alpha value is -0.520. The molecule has 2 heterocycles. The summed E-state index contributed by atoms with van der Waals surface area (Å²) in [6.07, 6.45) is 0.859. The van der Waals surface area contributed by atoms with E-state index >= 15 is 0 Å². The maximum Gasteiger partial charge on any atom is 0.161 e. The van der Waals surface area contributed by atoms with Crippen LogP contribution in [0, 0.1) is 6.92 Å². The van der Waals surface area contributed by atoms with Crippen molar-refractivity contribution in [3.05, 3.63) is 26.5 Å². The normalized spacial score (nSPS) is 10.4. The van der Waals surface area contributed by atoms with Crippen LogP contribution in [0.25, 0.3) is 9.88 Å². The number of aryl methyl sites for hydroxylation is 1. The van der Waals surface area contributed by atoms with Gasteiger partial charge in [-0.3, -0.25) is 4.79 Å². The van der Waals surface area contributed by atoms with Gasteiger partial charge in [0.15, 0.2) is 6.29 Å². The molecule has 0 bridgehead atoms. The van der Waals surface area contributed by atoms with Crippen LogP contribution >= 0.6 is 38.6 Å². The highest BCUT2D eigenvalue weighted by Gasteiger charge is 2.11. The van der Waals surface area contributed by atoms with E-state index in [1.54, 1.807) is 11.3 Å². The average molecular weight is 288 g/mol. The number of carbonyl (C=O) groups is 1. The first-order chi connectivity index (χ1) is 6.72. The fourth-order valence-corrected chi connectivity index (χ4v) is 3.74. The smallest absolute Gasteiger partial charge is 0.161 e. The van der Waals surface area contributed by atoms with E-state index in [1.807, 2.05) is 18.4 Å². The van der Waals surface area contributed by atoms with Crippen molar-refractivity contribution in [1.29, 1.82) is 0 Å². The minimum Gasteiger partial charge on any atom is -0.297 e. The second-order valence-corrected chi connectivity index (χ2v) is 5.49. The number of thiophene rings is 1. The quantitative estimate of drug-likeness (QED) is 0.788. The lowest BCUT2D eigenvalue weighted by Crippen LogP contribution is -1.77. The number of carbonyl (C=O) groups excluding carboxylic acids is 1. The van der Waals surface area contributed by atoms with E-state index in [4.69, 9.17) is 0 Å². The highest BCUT2D eigenvalue weighted by Crippen LogP contribution is 2.36. The predicted molar refractivity (Wildman–Crippen MR) is 63.3 cm³/mol. The van der Waals surface area contributed by atoms with Crippen molar-refractivity contribution in [2.45, 2.75) is 6.92 Å². The molecule has 0 N–H and O–H groups in total. The first kappa shape index (κ1) is 10.0. The number of aldehydes is 1. The minimum atomic E-state index is 0.709. The minimum absolute atomic E-state index is 0.709. The first-order valence-corrected chi connectivity index (χ1v) is 6.37. The van der Waals surface area contributed by atoms with Gasteiger partial charge < -0.3 is 0 Å². The van der Waals surface area contributed by atoms with E-state index in [9.17, 15) is 4.79 Å². The second-order valence-electron chi connectivity index (χ2n) is 2.68. The number of hydrogen-bond donors (Lipinski definition) is 0. The van der Waals surface area contributed by atoms with Crippen LogP contribution in [0.5, 0.6) is 0 Å². The van der Waals surface area contributed by atoms with Gasteiger partial charge >= 0.3 is 0 Å². The van der Waals surface area contributed by atoms with Gasteiger partial charge in [-0.1, -0.05) is 0 Å². The third-order valence-corrected chi connectivity index (χ3v) is 4.82. The van der Waals surface area contributed by atoms with Gasteiger partial charge in [0.05, 0.1) is 15.4 Å². The van der Waals surface area contributed by atoms with Crippen LogP contribution in [0.1, 0.15) is 15.4 Å². The van der Waals surface area contributed by atoms with E-state index in [1.165, 1.54) is 11.3 Å². The maximum absolute atomic E-state index is 10.7. The molecular weight excluding hydrogens is 282 g/mol. The number of rotatable bonds is 2. The van der Waals surface area contributed by atoms with E-state index < -0.39 is 0 Å². The Morgan fingerprint density at radius 3 is 2.86 bits per heavy atom. The standard InChI is InChI=1S/C9H6BrNOS2/c1-5-7(4-12)14-9(11-5)8-6(10)2-3-13-8/h2-4H,1H3. The van der Waals surface area contributed by atoms with Crippen LogP contribution in [0.3, 0.4) is 0 Å². The van der Waals surface area contributed by atoms with E-state index in [0.29, 0.717) is 4.88 Å². The molecule has 0 saturated heterocycles. The zero-order valence-corrected chi connectivity index (χ0v) is 10.5. The summed E-state index contributed by atoms with van der Waals surface area (Å²) in [5.41, 5.74) is 0.806. The molecule has 0 aromatic carbocycles. The van der Waals surface area contributed by atoms with Gasteiger partial charge in [0.25, 0.3) is 0 Å². The Bertz CT molecular complexity index is 475. The molecule has 0 saturated carbocycles. The third kappa shape index (κ3) is 1.67. The maximum atomic E-state index is 10.7. The first-order valence-electron chi connectivity index (χ1n) is 3.88. The van der Waals surface area contributed by atoms with Gasteiger partial charge in [0.2, 0.25) is 0 Å². The third-order valence-electron chi connectivity index (χ3n) is 1.75. The molecule has 2 aromatic heterocycles. The summed E-state index contributed by atoms with van der Waals surface area (Å²) in [4.78, 5) is 16.8. The summed E-state index contributed by atoms with van der Waals surface area (Å²) in [6, 6.07) is 1.98. The van der Waals surface area contributed by atoms with Gasteiger partial charge in [0, 0.05) is 4.47 Å². The van der Waals surface area contributed by atoms with Crippen LogP contribution < -0.4 is 0 Å². The van der Waals surface area contributed by atoms with Gasteiger partial charge in [-0.05, 0) is 34.3 Å². The van der Waals surface area contributed by atoms with Crippen LogP contribution in [-0.4, -0.2) is 11.3 Å². The monoisotopic (exact) mass is 287 g/mol.